The summed E-state index contributed by atoms with van der Waals surface area (Å²) < 4.78 is 0. The number of amides is 6. The summed E-state index contributed by atoms with van der Waals surface area (Å²) in [5.74, 6) is -7.19. The fourth-order valence-electron chi connectivity index (χ4n) is 9.75. The maximum absolute atomic E-state index is 15.1. The van der Waals surface area contributed by atoms with Gasteiger partial charge in [-0.3, -0.25) is 38.5 Å². The standard InChI is InChI=1S/C49H68N10O10S2/c1-27(2)42(49(68)69)58-47(66)37-25-70-71-26-40(57-43(62)32(51)23-41(60)61)59-38-18-9-6-14-29(38)22-39(59)48(67)55-36(21-30-24-52-33-16-8-7-15-31(30)33)46(65)53-34(17-10-11-19-50)44(63)54-35(45(64)56-37)20-28-12-4-3-5-13-28/h3-5,7-8,12-13,15-16,24,27,29,32,34-40,42,52H,6,9-11,14,17-23,25-26,50-51H2,1-2H3,(H,53,65)(H,54,63)(H,55,67)(H,56,64)(H,57,62)(H,58,66)(H,60,61)(H,68,69)/t29?,32-,34-,35-,36-,37-,38?,39?,40+,42-/m0/s1. The second-order valence-corrected chi connectivity index (χ2v) is 21.5. The van der Waals surface area contributed by atoms with Gasteiger partial charge in [-0.1, -0.05) is 96.8 Å². The van der Waals surface area contributed by atoms with Gasteiger partial charge in [-0.2, -0.15) is 0 Å². The summed E-state index contributed by atoms with van der Waals surface area (Å²) in [5, 5.41) is 37.4. The van der Waals surface area contributed by atoms with E-state index < -0.39 is 108 Å². The molecule has 10 atom stereocenters. The number of aromatic amines is 1. The molecule has 3 unspecified atom stereocenters. The first-order chi connectivity index (χ1) is 34.0. The Morgan fingerprint density at radius 1 is 0.803 bits per heavy atom. The molecule has 20 nitrogen and oxygen atoms in total. The molecule has 2 aliphatic heterocycles. The molecule has 3 heterocycles. The topological polar surface area (TPSA) is 320 Å². The van der Waals surface area contributed by atoms with Crippen molar-refractivity contribution < 1.29 is 48.6 Å². The number of benzene rings is 2. The zero-order valence-corrected chi connectivity index (χ0v) is 41.7. The molecular weight excluding hydrogens is 953 g/mol. The average molecular weight is 1020 g/mol. The average Bonchev–Trinajstić information content (AvgIpc) is 3.94. The van der Waals surface area contributed by atoms with Crippen molar-refractivity contribution in [2.45, 2.75) is 139 Å². The molecule has 13 N–H and O–H groups in total. The number of carbonyl (C=O) groups excluding carboxylic acids is 6. The first kappa shape index (κ1) is 54.6. The Hall–Kier alpha value is -5.68. The van der Waals surface area contributed by atoms with Crippen LogP contribution in [0.25, 0.3) is 10.9 Å². The number of nitrogens with one attached hydrogen (secondary N) is 7. The van der Waals surface area contributed by atoms with Gasteiger partial charge in [-0.15, -0.1) is 0 Å². The van der Waals surface area contributed by atoms with E-state index in [2.05, 4.69) is 36.9 Å². The van der Waals surface area contributed by atoms with Crippen molar-refractivity contribution in [1.29, 1.82) is 0 Å². The number of carbonyl (C=O) groups is 8. The molecule has 0 bridgehead atoms. The van der Waals surface area contributed by atoms with Crippen LogP contribution >= 0.6 is 21.6 Å². The van der Waals surface area contributed by atoms with Crippen molar-refractivity contribution in [3.8, 4) is 0 Å². The Bertz CT molecular complexity index is 2360. The van der Waals surface area contributed by atoms with Crippen LogP contribution in [0.1, 0.15) is 82.8 Å². The number of unbranched alkanes of at least 4 members (excludes halogenated alkanes) is 1. The normalized spacial score (nSPS) is 25.9. The summed E-state index contributed by atoms with van der Waals surface area (Å²) in [7, 11) is 2.37. The highest BCUT2D eigenvalue weighted by molar-refractivity contribution is 8.76. The van der Waals surface area contributed by atoms with Crippen LogP contribution in [-0.4, -0.2) is 140 Å². The summed E-state index contributed by atoms with van der Waals surface area (Å²) in [4.78, 5) is 116. The third kappa shape index (κ3) is 14.9. The number of rotatable bonds is 16. The van der Waals surface area contributed by atoms with E-state index in [0.717, 1.165) is 46.5 Å². The largest absolute Gasteiger partial charge is 0.481 e. The number of aromatic nitrogens is 1. The molecule has 3 aromatic rings. The van der Waals surface area contributed by atoms with E-state index in [0.29, 0.717) is 37.8 Å². The van der Waals surface area contributed by atoms with Gasteiger partial charge in [0.1, 0.15) is 30.2 Å². The summed E-state index contributed by atoms with van der Waals surface area (Å²) in [6.07, 6.45) is 4.94. The molecule has 1 saturated carbocycles. The number of para-hydroxylation sites is 1. The number of hydrogen-bond acceptors (Lipinski definition) is 13. The van der Waals surface area contributed by atoms with Crippen LogP contribution in [0, 0.1) is 11.8 Å². The van der Waals surface area contributed by atoms with Crippen LogP contribution in [0.2, 0.25) is 0 Å². The Morgan fingerprint density at radius 3 is 2.17 bits per heavy atom. The van der Waals surface area contributed by atoms with Gasteiger partial charge in [0, 0.05) is 47.5 Å². The van der Waals surface area contributed by atoms with E-state index in [4.69, 9.17) is 11.5 Å². The minimum Gasteiger partial charge on any atom is -0.481 e. The number of carboxylic acids is 2. The highest BCUT2D eigenvalue weighted by Gasteiger charge is 2.49. The molecule has 3 aliphatic rings. The molecule has 6 amide bonds. The second kappa shape index (κ2) is 26.1. The van der Waals surface area contributed by atoms with E-state index >= 15 is 4.79 Å². The summed E-state index contributed by atoms with van der Waals surface area (Å²) in [5.41, 5.74) is 14.2. The summed E-state index contributed by atoms with van der Waals surface area (Å²) >= 11 is 0. The van der Waals surface area contributed by atoms with Crippen molar-refractivity contribution in [3.05, 3.63) is 71.9 Å². The molecule has 3 fully saturated rings. The van der Waals surface area contributed by atoms with E-state index in [1.165, 1.54) is 10.8 Å². The lowest BCUT2D eigenvalue weighted by Crippen LogP contribution is -2.62. The molecule has 1 aromatic heterocycles. The van der Waals surface area contributed by atoms with Gasteiger partial charge < -0.3 is 58.6 Å². The zero-order valence-electron chi connectivity index (χ0n) is 40.1. The van der Waals surface area contributed by atoms with Gasteiger partial charge in [0.2, 0.25) is 35.4 Å². The second-order valence-electron chi connectivity index (χ2n) is 19.0. The molecule has 386 valence electrons. The van der Waals surface area contributed by atoms with Crippen molar-refractivity contribution >= 4 is 79.9 Å². The first-order valence-electron chi connectivity index (χ1n) is 24.4. The van der Waals surface area contributed by atoms with Gasteiger partial charge in [-0.05, 0) is 74.1 Å². The van der Waals surface area contributed by atoms with Gasteiger partial charge in [0.15, 0.2) is 0 Å². The number of H-pyrrole nitrogens is 1. The predicted octanol–water partition coefficient (Wildman–Crippen LogP) is 1.52. The van der Waals surface area contributed by atoms with E-state index in [1.807, 2.05) is 29.2 Å². The highest BCUT2D eigenvalue weighted by atomic mass is 33.1. The summed E-state index contributed by atoms with van der Waals surface area (Å²) in [6, 6.07) is 7.55. The van der Waals surface area contributed by atoms with E-state index in [-0.39, 0.29) is 42.7 Å². The van der Waals surface area contributed by atoms with E-state index in [1.54, 1.807) is 50.4 Å². The molecule has 71 heavy (non-hydrogen) atoms. The quantitative estimate of drug-likeness (QED) is 0.0716. The van der Waals surface area contributed by atoms with Crippen molar-refractivity contribution in [3.63, 3.8) is 0 Å². The Kier molecular flexibility index (Phi) is 20.1. The lowest BCUT2D eigenvalue weighted by molar-refractivity contribution is -0.143. The molecule has 1 aliphatic carbocycles. The van der Waals surface area contributed by atoms with Gasteiger partial charge in [-0.25, -0.2) is 4.79 Å². The van der Waals surface area contributed by atoms with Crippen LogP contribution in [0.5, 0.6) is 0 Å². The van der Waals surface area contributed by atoms with Crippen LogP contribution in [-0.2, 0) is 51.2 Å². The molecule has 0 spiro atoms. The molecular formula is C49H68N10O10S2. The van der Waals surface area contributed by atoms with Crippen LogP contribution in [0.15, 0.2) is 60.8 Å². The lowest BCUT2D eigenvalue weighted by Gasteiger charge is -2.40. The third-order valence-corrected chi connectivity index (χ3v) is 15.9. The number of carboxylic acid groups (broad SMARTS) is 2. The maximum Gasteiger partial charge on any atom is 0.326 e. The maximum atomic E-state index is 15.1. The number of fused-ring (bicyclic) bond motifs is 4. The van der Waals surface area contributed by atoms with Crippen LogP contribution in [0.4, 0.5) is 0 Å². The SMILES string of the molecule is CC(C)[C@H](NC(=O)[C@@H]1CSSC[C@H](NC(=O)[C@@H](N)CC(=O)O)N2C(CC3CCCCC32)C(=O)N[C@@H](Cc2c[nH]c3ccccc23)C(=O)N[C@@H](CCCCN)C(=O)N[C@@H](Cc2ccccc2)C(=O)N1)C(=O)O. The molecule has 0 radical (unpaired) electrons. The van der Waals surface area contributed by atoms with Gasteiger partial charge in [0.05, 0.1) is 24.7 Å². The Balaban J connectivity index is 1.43. The number of nitrogens with zero attached hydrogens (tertiary/aromatic N) is 1. The van der Waals surface area contributed by atoms with Gasteiger partial charge in [0.25, 0.3) is 0 Å². The van der Waals surface area contributed by atoms with Crippen molar-refractivity contribution in [1.82, 2.24) is 41.8 Å². The van der Waals surface area contributed by atoms with E-state index in [9.17, 15) is 43.8 Å². The van der Waals surface area contributed by atoms with Crippen molar-refractivity contribution in [2.75, 3.05) is 18.1 Å². The number of nitrogens with two attached hydrogens (primary N) is 2. The fourth-order valence-corrected chi connectivity index (χ4v) is 12.1. The smallest absolute Gasteiger partial charge is 0.326 e. The number of hydrogen-bond donors (Lipinski definition) is 11. The monoisotopic (exact) mass is 1020 g/mol. The van der Waals surface area contributed by atoms with Crippen LogP contribution in [0.3, 0.4) is 0 Å². The highest BCUT2D eigenvalue weighted by Crippen LogP contribution is 2.42. The lowest BCUT2D eigenvalue weighted by atomic mass is 9.84. The molecule has 22 heteroatoms. The Morgan fingerprint density at radius 2 is 1.45 bits per heavy atom. The molecule has 2 aromatic carbocycles. The fraction of sp³-hybridized carbons (Fsp3) is 0.551. The zero-order chi connectivity index (χ0) is 51.2. The van der Waals surface area contributed by atoms with Crippen molar-refractivity contribution in [2.24, 2.45) is 23.3 Å². The Labute approximate surface area is 420 Å². The number of aliphatic carboxylic acids is 2. The molecule has 6 rings (SSSR count). The minimum atomic E-state index is -1.42. The minimum absolute atomic E-state index is 0.0219. The third-order valence-electron chi connectivity index (χ3n) is 13.5. The van der Waals surface area contributed by atoms with Gasteiger partial charge >= 0.3 is 11.9 Å². The summed E-state index contributed by atoms with van der Waals surface area (Å²) in [6.45, 7) is 3.58. The predicted molar refractivity (Wildman–Crippen MR) is 270 cm³/mol. The first-order valence-corrected chi connectivity index (χ1v) is 26.9. The van der Waals surface area contributed by atoms with Crippen LogP contribution < -0.4 is 43.4 Å². The molecule has 2 saturated heterocycles.